The van der Waals surface area contributed by atoms with Crippen LogP contribution in [0.5, 0.6) is 0 Å². The number of hydrogen-bond acceptors (Lipinski definition) is 3. The molecule has 2 heterocycles. The zero-order chi connectivity index (χ0) is 26.6. The maximum atomic E-state index is 10.8. The molecule has 0 aliphatic rings. The second-order valence-electron chi connectivity index (χ2n) is 9.99. The van der Waals surface area contributed by atoms with Gasteiger partial charge in [0.05, 0.1) is 5.56 Å². The van der Waals surface area contributed by atoms with E-state index in [0.29, 0.717) is 0 Å². The van der Waals surface area contributed by atoms with Crippen LogP contribution in [-0.2, 0) is 0 Å². The molecule has 8 aromatic rings. The van der Waals surface area contributed by atoms with Gasteiger partial charge in [0.15, 0.2) is 0 Å². The third kappa shape index (κ3) is 3.51. The second-order valence-corrected chi connectivity index (χ2v) is 12.1. The van der Waals surface area contributed by atoms with Crippen LogP contribution in [0.15, 0.2) is 127 Å². The van der Waals surface area contributed by atoms with Gasteiger partial charge in [0, 0.05) is 62.6 Å². The summed E-state index contributed by atoms with van der Waals surface area (Å²) in [6, 6.07) is 47.7. The number of nitrogens with zero attached hydrogens (tertiary/aromatic N) is 1. The molecule has 0 atom stereocenters. The Kier molecular flexibility index (Phi) is 5.31. The van der Waals surface area contributed by atoms with Gasteiger partial charge in [-0.2, -0.15) is 5.26 Å². The predicted octanol–water partition coefficient (Wildman–Crippen LogP) is 11.3. The van der Waals surface area contributed by atoms with E-state index in [1.54, 1.807) is 22.7 Å². The van der Waals surface area contributed by atoms with Crippen molar-refractivity contribution in [3.63, 3.8) is 0 Å². The van der Waals surface area contributed by atoms with E-state index >= 15 is 0 Å². The summed E-state index contributed by atoms with van der Waals surface area (Å²) in [4.78, 5) is 0. The molecule has 40 heavy (non-hydrogen) atoms. The molecule has 0 saturated heterocycles. The lowest BCUT2D eigenvalue weighted by molar-refractivity contribution is 1.48. The van der Waals surface area contributed by atoms with Gasteiger partial charge in [0.1, 0.15) is 6.07 Å². The molecule has 0 radical (unpaired) electrons. The minimum atomic E-state index is 0.717. The highest BCUT2D eigenvalue weighted by molar-refractivity contribution is 7.26. The Labute approximate surface area is 239 Å². The quantitative estimate of drug-likeness (QED) is 0.217. The lowest BCUT2D eigenvalue weighted by Gasteiger charge is -2.15. The maximum Gasteiger partial charge on any atom is 0.100 e. The third-order valence-corrected chi connectivity index (χ3v) is 10.2. The van der Waals surface area contributed by atoms with Crippen LogP contribution >= 0.6 is 22.7 Å². The fourth-order valence-corrected chi connectivity index (χ4v) is 8.36. The Morgan fingerprint density at radius 1 is 0.425 bits per heavy atom. The van der Waals surface area contributed by atoms with Crippen LogP contribution in [0.25, 0.3) is 73.7 Å². The van der Waals surface area contributed by atoms with Gasteiger partial charge in [-0.05, 0) is 35.4 Å². The Hall–Kier alpha value is -4.75. The van der Waals surface area contributed by atoms with Gasteiger partial charge >= 0.3 is 0 Å². The molecule has 0 bridgehead atoms. The first-order chi connectivity index (χ1) is 19.8. The number of hydrogen-bond donors (Lipinski definition) is 0. The molecule has 0 aliphatic heterocycles. The van der Waals surface area contributed by atoms with E-state index < -0.39 is 0 Å². The fraction of sp³-hybridized carbons (Fsp3) is 0. The number of thiophene rings is 2. The number of rotatable bonds is 3. The summed E-state index contributed by atoms with van der Waals surface area (Å²) in [5.41, 5.74) is 7.15. The Balaban J connectivity index is 1.49. The number of benzene rings is 6. The summed E-state index contributed by atoms with van der Waals surface area (Å²) >= 11 is 3.61. The molecule has 186 valence electrons. The average molecular weight is 544 g/mol. The van der Waals surface area contributed by atoms with Crippen LogP contribution < -0.4 is 0 Å². The first-order valence-electron chi connectivity index (χ1n) is 13.2. The van der Waals surface area contributed by atoms with Gasteiger partial charge in [-0.1, -0.05) is 103 Å². The molecule has 6 aromatic carbocycles. The van der Waals surface area contributed by atoms with Crippen molar-refractivity contribution in [3.05, 3.63) is 133 Å². The molecule has 1 nitrogen and oxygen atoms in total. The van der Waals surface area contributed by atoms with Crippen LogP contribution in [0.4, 0.5) is 0 Å². The highest BCUT2D eigenvalue weighted by Crippen LogP contribution is 2.46. The monoisotopic (exact) mass is 543 g/mol. The number of fused-ring (bicyclic) bond motifs is 6. The summed E-state index contributed by atoms with van der Waals surface area (Å²) < 4.78 is 4.96. The topological polar surface area (TPSA) is 23.8 Å². The molecule has 0 saturated carbocycles. The van der Waals surface area contributed by atoms with Crippen molar-refractivity contribution in [2.24, 2.45) is 0 Å². The summed E-state index contributed by atoms with van der Waals surface area (Å²) in [7, 11) is 0. The summed E-state index contributed by atoms with van der Waals surface area (Å²) in [5, 5.41) is 15.8. The van der Waals surface area contributed by atoms with Crippen molar-refractivity contribution < 1.29 is 0 Å². The van der Waals surface area contributed by atoms with Crippen LogP contribution in [0.3, 0.4) is 0 Å². The maximum absolute atomic E-state index is 10.8. The first kappa shape index (κ1) is 23.2. The van der Waals surface area contributed by atoms with Crippen molar-refractivity contribution >= 4 is 63.0 Å². The summed E-state index contributed by atoms with van der Waals surface area (Å²) in [6.45, 7) is 0. The first-order valence-corrected chi connectivity index (χ1v) is 14.9. The lowest BCUT2D eigenvalue weighted by atomic mass is 9.87. The van der Waals surface area contributed by atoms with E-state index in [-0.39, 0.29) is 0 Å². The molecule has 3 heteroatoms. The zero-order valence-electron chi connectivity index (χ0n) is 21.4. The lowest BCUT2D eigenvalue weighted by Crippen LogP contribution is -1.93. The van der Waals surface area contributed by atoms with Crippen molar-refractivity contribution in [2.75, 3.05) is 0 Å². The van der Waals surface area contributed by atoms with Gasteiger partial charge in [-0.3, -0.25) is 0 Å². The Morgan fingerprint density at radius 3 is 1.43 bits per heavy atom. The Bertz CT molecular complexity index is 2140. The van der Waals surface area contributed by atoms with Crippen LogP contribution in [0.1, 0.15) is 5.56 Å². The van der Waals surface area contributed by atoms with E-state index in [1.807, 2.05) is 6.07 Å². The van der Waals surface area contributed by atoms with E-state index in [2.05, 4.69) is 127 Å². The minimum absolute atomic E-state index is 0.717. The highest BCUT2D eigenvalue weighted by Gasteiger charge is 2.20. The highest BCUT2D eigenvalue weighted by atomic mass is 32.1. The fourth-order valence-electron chi connectivity index (χ4n) is 5.90. The molecule has 0 amide bonds. The standard InChI is InChI=1S/C37H21NS2/c38-22-33-31(29-16-8-14-27-25-12-4-6-18-34(25)39-36(27)29)20-24(23-10-2-1-3-11-23)21-32(33)30-17-9-15-28-26-13-5-7-19-35(26)40-37(28)30/h1-21H. The van der Waals surface area contributed by atoms with Crippen molar-refractivity contribution in [1.82, 2.24) is 0 Å². The molecule has 0 fully saturated rings. The van der Waals surface area contributed by atoms with E-state index in [4.69, 9.17) is 0 Å². The van der Waals surface area contributed by atoms with Crippen LogP contribution in [-0.4, -0.2) is 0 Å². The Morgan fingerprint density at radius 2 is 0.900 bits per heavy atom. The van der Waals surface area contributed by atoms with Crippen LogP contribution in [0.2, 0.25) is 0 Å². The van der Waals surface area contributed by atoms with Crippen molar-refractivity contribution in [2.45, 2.75) is 0 Å². The van der Waals surface area contributed by atoms with Gasteiger partial charge in [-0.25, -0.2) is 0 Å². The van der Waals surface area contributed by atoms with E-state index in [0.717, 1.165) is 38.9 Å². The SMILES string of the molecule is N#Cc1c(-c2cccc3c2sc2ccccc23)cc(-c2ccccc2)cc1-c1cccc2c1sc1ccccc12. The molecule has 2 aromatic heterocycles. The molecular formula is C37H21NS2. The van der Waals surface area contributed by atoms with Crippen molar-refractivity contribution in [1.29, 1.82) is 5.26 Å². The second kappa shape index (κ2) is 9.17. The minimum Gasteiger partial charge on any atom is -0.192 e. The van der Waals surface area contributed by atoms with E-state index in [1.165, 1.54) is 40.3 Å². The number of nitriles is 1. The normalized spacial score (nSPS) is 11.5. The third-order valence-electron chi connectivity index (χ3n) is 7.75. The largest absolute Gasteiger partial charge is 0.192 e. The van der Waals surface area contributed by atoms with Crippen LogP contribution in [0, 0.1) is 11.3 Å². The van der Waals surface area contributed by atoms with Gasteiger partial charge in [0.2, 0.25) is 0 Å². The zero-order valence-corrected chi connectivity index (χ0v) is 23.0. The summed E-state index contributed by atoms with van der Waals surface area (Å²) in [5.74, 6) is 0. The molecule has 8 rings (SSSR count). The van der Waals surface area contributed by atoms with Gasteiger partial charge in [-0.15, -0.1) is 22.7 Å². The predicted molar refractivity (Wildman–Crippen MR) is 173 cm³/mol. The molecule has 0 aliphatic carbocycles. The van der Waals surface area contributed by atoms with Gasteiger partial charge < -0.3 is 0 Å². The van der Waals surface area contributed by atoms with Crippen molar-refractivity contribution in [3.8, 4) is 39.4 Å². The van der Waals surface area contributed by atoms with Gasteiger partial charge in [0.25, 0.3) is 0 Å². The molecule has 0 spiro atoms. The summed E-state index contributed by atoms with van der Waals surface area (Å²) in [6.07, 6.45) is 0. The molecule has 0 unspecified atom stereocenters. The molecule has 0 N–H and O–H groups in total. The molecular weight excluding hydrogens is 523 g/mol. The smallest absolute Gasteiger partial charge is 0.100 e. The average Bonchev–Trinajstić information content (AvgIpc) is 3.59. The van der Waals surface area contributed by atoms with E-state index in [9.17, 15) is 5.26 Å².